The fourth-order valence-electron chi connectivity index (χ4n) is 3.43. The van der Waals surface area contributed by atoms with Gasteiger partial charge in [-0.15, -0.1) is 0 Å². The van der Waals surface area contributed by atoms with Gasteiger partial charge in [0.25, 0.3) is 0 Å². The summed E-state index contributed by atoms with van der Waals surface area (Å²) in [7, 11) is 0. The lowest BCUT2D eigenvalue weighted by Crippen LogP contribution is -2.07. The Morgan fingerprint density at radius 1 is 0.676 bits per heavy atom. The number of hydrogen-bond acceptors (Lipinski definition) is 6. The Morgan fingerprint density at radius 2 is 1.24 bits per heavy atom. The van der Waals surface area contributed by atoms with E-state index in [0.717, 1.165) is 0 Å². The van der Waals surface area contributed by atoms with Crippen LogP contribution in [-0.4, -0.2) is 0 Å². The first kappa shape index (κ1) is 21.1. The van der Waals surface area contributed by atoms with Crippen LogP contribution in [0.4, 0.5) is 15.8 Å². The Hall–Kier alpha value is -4.78. The summed E-state index contributed by atoms with van der Waals surface area (Å²) in [6.45, 7) is 0. The van der Waals surface area contributed by atoms with E-state index in [1.807, 2.05) is 0 Å². The van der Waals surface area contributed by atoms with Crippen molar-refractivity contribution < 1.29 is 18.3 Å². The van der Waals surface area contributed by atoms with Crippen LogP contribution in [0.5, 0.6) is 23.0 Å². The van der Waals surface area contributed by atoms with Gasteiger partial charge in [-0.2, -0.15) is 0 Å². The van der Waals surface area contributed by atoms with Crippen LogP contribution in [0.25, 0.3) is 22.3 Å². The molecule has 0 saturated heterocycles. The minimum Gasteiger partial charge on any atom is -0.457 e. The van der Waals surface area contributed by atoms with Crippen LogP contribution in [0.1, 0.15) is 0 Å². The third-order valence-corrected chi connectivity index (χ3v) is 5.14. The van der Waals surface area contributed by atoms with Crippen molar-refractivity contribution in [1.82, 2.24) is 0 Å². The molecule has 0 unspecified atom stereocenters. The van der Waals surface area contributed by atoms with Crippen molar-refractivity contribution in [3.8, 4) is 34.3 Å². The van der Waals surface area contributed by atoms with E-state index in [-0.39, 0.29) is 16.9 Å². The highest BCUT2D eigenvalue weighted by atomic mass is 19.1. The van der Waals surface area contributed by atoms with Gasteiger partial charge < -0.3 is 25.4 Å². The SMILES string of the molecule is Nc1ccc(Oc2ccc3oc(-c4ccc(F)cc4)c(Oc4ccc(N)cc4)c(=O)c3c2)cc1. The third-order valence-electron chi connectivity index (χ3n) is 5.14. The van der Waals surface area contributed by atoms with Crippen LogP contribution >= 0.6 is 0 Å². The summed E-state index contributed by atoms with van der Waals surface area (Å²) in [5.41, 5.74) is 13.1. The number of halogens is 1. The summed E-state index contributed by atoms with van der Waals surface area (Å²) in [6, 6.07) is 24.1. The molecule has 6 nitrogen and oxygen atoms in total. The van der Waals surface area contributed by atoms with Gasteiger partial charge in [-0.25, -0.2) is 4.39 Å². The van der Waals surface area contributed by atoms with Crippen LogP contribution in [0.2, 0.25) is 0 Å². The molecule has 0 spiro atoms. The molecule has 0 aliphatic carbocycles. The maximum absolute atomic E-state index is 13.6. The second-order valence-electron chi connectivity index (χ2n) is 7.60. The Balaban J connectivity index is 1.63. The second-order valence-corrected chi connectivity index (χ2v) is 7.60. The van der Waals surface area contributed by atoms with Crippen molar-refractivity contribution >= 4 is 22.3 Å². The monoisotopic (exact) mass is 454 g/mol. The van der Waals surface area contributed by atoms with Crippen molar-refractivity contribution in [3.05, 3.63) is 107 Å². The van der Waals surface area contributed by atoms with E-state index in [9.17, 15) is 9.18 Å². The smallest absolute Gasteiger partial charge is 0.236 e. The molecule has 4 N–H and O–H groups in total. The third kappa shape index (κ3) is 4.27. The second kappa shape index (κ2) is 8.63. The largest absolute Gasteiger partial charge is 0.457 e. The van der Waals surface area contributed by atoms with Crippen molar-refractivity contribution in [2.24, 2.45) is 0 Å². The molecule has 4 aromatic carbocycles. The van der Waals surface area contributed by atoms with E-state index < -0.39 is 11.2 Å². The van der Waals surface area contributed by atoms with Gasteiger partial charge in [-0.3, -0.25) is 4.79 Å². The van der Waals surface area contributed by atoms with Crippen molar-refractivity contribution in [2.45, 2.75) is 0 Å². The van der Waals surface area contributed by atoms with Crippen LogP contribution < -0.4 is 26.4 Å². The number of rotatable bonds is 5. The quantitative estimate of drug-likeness (QED) is 0.300. The van der Waals surface area contributed by atoms with Crippen molar-refractivity contribution in [2.75, 3.05) is 11.5 Å². The number of fused-ring (bicyclic) bond motifs is 1. The van der Waals surface area contributed by atoms with Crippen molar-refractivity contribution in [1.29, 1.82) is 0 Å². The molecule has 0 atom stereocenters. The predicted molar refractivity (Wildman–Crippen MR) is 130 cm³/mol. The van der Waals surface area contributed by atoms with Gasteiger partial charge in [0.05, 0.1) is 5.39 Å². The zero-order valence-corrected chi connectivity index (χ0v) is 17.8. The molecule has 0 bridgehead atoms. The first-order chi connectivity index (χ1) is 16.5. The Bertz CT molecular complexity index is 1530. The molecule has 34 heavy (non-hydrogen) atoms. The van der Waals surface area contributed by atoms with Gasteiger partial charge in [0.2, 0.25) is 11.2 Å². The van der Waals surface area contributed by atoms with Crippen molar-refractivity contribution in [3.63, 3.8) is 0 Å². The van der Waals surface area contributed by atoms with E-state index in [1.54, 1.807) is 66.7 Å². The fourth-order valence-corrected chi connectivity index (χ4v) is 3.43. The average Bonchev–Trinajstić information content (AvgIpc) is 2.84. The number of nitrogen functional groups attached to an aromatic ring is 2. The highest BCUT2D eigenvalue weighted by Crippen LogP contribution is 2.35. The zero-order valence-electron chi connectivity index (χ0n) is 17.8. The summed E-state index contributed by atoms with van der Waals surface area (Å²) in [4.78, 5) is 13.6. The summed E-state index contributed by atoms with van der Waals surface area (Å²) < 4.78 is 31.4. The molecule has 5 rings (SSSR count). The lowest BCUT2D eigenvalue weighted by atomic mass is 10.1. The predicted octanol–water partition coefficient (Wildman–Crippen LogP) is 6.35. The molecule has 0 radical (unpaired) electrons. The van der Waals surface area contributed by atoms with E-state index >= 15 is 0 Å². The average molecular weight is 454 g/mol. The summed E-state index contributed by atoms with van der Waals surface area (Å²) >= 11 is 0. The van der Waals surface area contributed by atoms with E-state index in [0.29, 0.717) is 39.8 Å². The Kier molecular flexibility index (Phi) is 5.35. The molecular weight excluding hydrogens is 435 g/mol. The van der Waals surface area contributed by atoms with E-state index in [2.05, 4.69) is 0 Å². The summed E-state index contributed by atoms with van der Waals surface area (Å²) in [5.74, 6) is 1.16. The lowest BCUT2D eigenvalue weighted by Gasteiger charge is -2.13. The zero-order chi connectivity index (χ0) is 23.7. The van der Waals surface area contributed by atoms with Crippen LogP contribution in [-0.2, 0) is 0 Å². The standard InChI is InChI=1S/C27H19FN2O4/c28-17-3-1-16(2-4-17)26-27(33-21-11-7-19(30)8-12-21)25(31)23-15-22(13-14-24(23)34-26)32-20-9-5-18(29)6-10-20/h1-15H,29-30H2. The van der Waals surface area contributed by atoms with Gasteiger partial charge in [-0.05, 0) is 91.0 Å². The molecule has 0 saturated carbocycles. The Morgan fingerprint density at radius 3 is 1.85 bits per heavy atom. The van der Waals surface area contributed by atoms with Gasteiger partial charge >= 0.3 is 0 Å². The maximum atomic E-state index is 13.6. The number of ether oxygens (including phenoxy) is 2. The lowest BCUT2D eigenvalue weighted by molar-refractivity contribution is 0.457. The summed E-state index contributed by atoms with van der Waals surface area (Å²) in [5, 5.41) is 0.268. The normalized spacial score (nSPS) is 10.9. The number of nitrogens with two attached hydrogens (primary N) is 2. The maximum Gasteiger partial charge on any atom is 0.236 e. The molecule has 7 heteroatoms. The van der Waals surface area contributed by atoms with E-state index in [4.69, 9.17) is 25.4 Å². The topological polar surface area (TPSA) is 101 Å². The molecule has 5 aromatic rings. The number of anilines is 2. The fraction of sp³-hybridized carbons (Fsp3) is 0. The Labute approximate surface area is 193 Å². The van der Waals surface area contributed by atoms with Gasteiger partial charge in [-0.1, -0.05) is 0 Å². The number of hydrogen-bond donors (Lipinski definition) is 2. The molecule has 0 fully saturated rings. The molecule has 1 aromatic heterocycles. The molecule has 1 heterocycles. The highest BCUT2D eigenvalue weighted by molar-refractivity contribution is 5.83. The van der Waals surface area contributed by atoms with Crippen LogP contribution in [0.3, 0.4) is 0 Å². The van der Waals surface area contributed by atoms with E-state index in [1.165, 1.54) is 24.3 Å². The van der Waals surface area contributed by atoms with Gasteiger partial charge in [0.1, 0.15) is 28.6 Å². The minimum absolute atomic E-state index is 0.0338. The first-order valence-electron chi connectivity index (χ1n) is 10.4. The van der Waals surface area contributed by atoms with Gasteiger partial charge in [0, 0.05) is 16.9 Å². The molecule has 0 aliphatic heterocycles. The summed E-state index contributed by atoms with van der Waals surface area (Å²) in [6.07, 6.45) is 0. The number of benzene rings is 4. The van der Waals surface area contributed by atoms with Crippen LogP contribution in [0, 0.1) is 5.82 Å². The first-order valence-corrected chi connectivity index (χ1v) is 10.4. The highest BCUT2D eigenvalue weighted by Gasteiger charge is 2.19. The molecule has 168 valence electrons. The van der Waals surface area contributed by atoms with Crippen LogP contribution in [0.15, 0.2) is 100 Å². The van der Waals surface area contributed by atoms with Gasteiger partial charge in [0.15, 0.2) is 5.76 Å². The molecule has 0 amide bonds. The molecular formula is C27H19FN2O4. The molecule has 0 aliphatic rings. The minimum atomic E-state index is -0.405.